The van der Waals surface area contributed by atoms with Crippen LogP contribution >= 0.6 is 0 Å². The van der Waals surface area contributed by atoms with Gasteiger partial charge in [-0.3, -0.25) is 4.79 Å². The Bertz CT molecular complexity index is 366. The van der Waals surface area contributed by atoms with Gasteiger partial charge in [-0.15, -0.1) is 0 Å². The maximum absolute atomic E-state index is 11.6. The molecule has 2 N–H and O–H groups in total. The van der Waals surface area contributed by atoms with Crippen molar-refractivity contribution >= 4 is 11.6 Å². The zero-order chi connectivity index (χ0) is 13.2. The van der Waals surface area contributed by atoms with E-state index in [0.717, 1.165) is 24.1 Å². The van der Waals surface area contributed by atoms with Gasteiger partial charge in [0.25, 0.3) is 0 Å². The highest BCUT2D eigenvalue weighted by Crippen LogP contribution is 2.12. The van der Waals surface area contributed by atoms with Crippen LogP contribution in [-0.2, 0) is 16.0 Å². The number of hydrogen-bond acceptors (Lipinski definition) is 3. The van der Waals surface area contributed by atoms with Gasteiger partial charge in [0.2, 0.25) is 5.91 Å². The van der Waals surface area contributed by atoms with E-state index in [0.29, 0.717) is 19.6 Å². The van der Waals surface area contributed by atoms with E-state index in [1.165, 1.54) is 0 Å². The van der Waals surface area contributed by atoms with Crippen LogP contribution in [0.25, 0.3) is 0 Å². The predicted molar refractivity (Wildman–Crippen MR) is 71.6 cm³/mol. The van der Waals surface area contributed by atoms with E-state index in [1.807, 2.05) is 31.2 Å². The van der Waals surface area contributed by atoms with E-state index in [9.17, 15) is 4.79 Å². The fraction of sp³-hybridized carbons (Fsp3) is 0.500. The first-order chi connectivity index (χ1) is 8.76. The molecule has 0 aromatic heterocycles. The molecule has 0 atom stereocenters. The Kier molecular flexibility index (Phi) is 7.06. The number of aryl methyl sites for hydroxylation is 1. The minimum absolute atomic E-state index is 0.0391. The molecule has 0 fully saturated rings. The van der Waals surface area contributed by atoms with E-state index in [1.54, 1.807) is 0 Å². The standard InChI is InChI=1S/C14H21NO3/c1-2-18-10-8-14(17)15-13-7-3-5-12(11-13)6-4-9-16/h3,5,7,11,16H,2,4,6,8-10H2,1H3,(H,15,17). The van der Waals surface area contributed by atoms with Crippen molar-refractivity contribution in [3.05, 3.63) is 29.8 Å². The monoisotopic (exact) mass is 251 g/mol. The Morgan fingerprint density at radius 1 is 1.44 bits per heavy atom. The zero-order valence-corrected chi connectivity index (χ0v) is 10.8. The van der Waals surface area contributed by atoms with E-state index in [4.69, 9.17) is 9.84 Å². The van der Waals surface area contributed by atoms with Gasteiger partial charge in [0.05, 0.1) is 13.0 Å². The molecule has 0 saturated carbocycles. The molecular formula is C14H21NO3. The molecule has 0 unspecified atom stereocenters. The first-order valence-electron chi connectivity index (χ1n) is 6.33. The highest BCUT2D eigenvalue weighted by molar-refractivity contribution is 5.90. The van der Waals surface area contributed by atoms with Crippen LogP contribution in [0.2, 0.25) is 0 Å². The number of amides is 1. The lowest BCUT2D eigenvalue weighted by Gasteiger charge is -2.07. The van der Waals surface area contributed by atoms with E-state index in [2.05, 4.69) is 5.32 Å². The number of hydrogen-bond donors (Lipinski definition) is 2. The first kappa shape index (κ1) is 14.7. The number of anilines is 1. The number of aliphatic hydroxyl groups is 1. The van der Waals surface area contributed by atoms with Crippen LogP contribution in [0.4, 0.5) is 5.69 Å². The molecule has 0 aliphatic carbocycles. The molecular weight excluding hydrogens is 230 g/mol. The molecule has 0 saturated heterocycles. The van der Waals surface area contributed by atoms with Gasteiger partial charge in [0, 0.05) is 18.9 Å². The van der Waals surface area contributed by atoms with Crippen molar-refractivity contribution in [1.82, 2.24) is 0 Å². The molecule has 1 aromatic rings. The van der Waals surface area contributed by atoms with Gasteiger partial charge in [-0.1, -0.05) is 12.1 Å². The summed E-state index contributed by atoms with van der Waals surface area (Å²) in [7, 11) is 0. The molecule has 0 radical (unpaired) electrons. The Labute approximate surface area is 108 Å². The number of rotatable bonds is 8. The largest absolute Gasteiger partial charge is 0.396 e. The fourth-order valence-electron chi connectivity index (χ4n) is 1.62. The van der Waals surface area contributed by atoms with Crippen molar-refractivity contribution in [2.75, 3.05) is 25.1 Å². The maximum Gasteiger partial charge on any atom is 0.226 e. The summed E-state index contributed by atoms with van der Waals surface area (Å²) < 4.78 is 5.13. The summed E-state index contributed by atoms with van der Waals surface area (Å²) in [6.45, 7) is 3.17. The third kappa shape index (κ3) is 5.80. The number of nitrogens with one attached hydrogen (secondary N) is 1. The predicted octanol–water partition coefficient (Wildman–Crippen LogP) is 1.98. The third-order valence-corrected chi connectivity index (χ3v) is 2.51. The number of benzene rings is 1. The van der Waals surface area contributed by atoms with Crippen LogP contribution in [-0.4, -0.2) is 30.8 Å². The lowest BCUT2D eigenvalue weighted by atomic mass is 10.1. The Balaban J connectivity index is 2.43. The van der Waals surface area contributed by atoms with Crippen LogP contribution in [0.15, 0.2) is 24.3 Å². The maximum atomic E-state index is 11.6. The quantitative estimate of drug-likeness (QED) is 0.694. The van der Waals surface area contributed by atoms with E-state index in [-0.39, 0.29) is 12.5 Å². The second kappa shape index (κ2) is 8.66. The first-order valence-corrected chi connectivity index (χ1v) is 6.33. The summed E-state index contributed by atoms with van der Waals surface area (Å²) in [5.41, 5.74) is 1.92. The van der Waals surface area contributed by atoms with Crippen molar-refractivity contribution in [2.45, 2.75) is 26.2 Å². The number of carbonyl (C=O) groups excluding carboxylic acids is 1. The summed E-state index contributed by atoms with van der Waals surface area (Å²) in [6, 6.07) is 7.70. The summed E-state index contributed by atoms with van der Waals surface area (Å²) >= 11 is 0. The second-order valence-corrected chi connectivity index (χ2v) is 4.02. The Morgan fingerprint density at radius 3 is 3.00 bits per heavy atom. The SMILES string of the molecule is CCOCCC(=O)Nc1cccc(CCCO)c1. The van der Waals surface area contributed by atoms with Crippen molar-refractivity contribution in [1.29, 1.82) is 0 Å². The van der Waals surface area contributed by atoms with Gasteiger partial charge in [0.1, 0.15) is 0 Å². The zero-order valence-electron chi connectivity index (χ0n) is 10.8. The van der Waals surface area contributed by atoms with E-state index < -0.39 is 0 Å². The lowest BCUT2D eigenvalue weighted by Crippen LogP contribution is -2.14. The molecule has 0 aliphatic heterocycles. The van der Waals surface area contributed by atoms with Crippen molar-refractivity contribution in [3.63, 3.8) is 0 Å². The normalized spacial score (nSPS) is 10.3. The fourth-order valence-corrected chi connectivity index (χ4v) is 1.62. The molecule has 1 aromatic carbocycles. The molecule has 18 heavy (non-hydrogen) atoms. The summed E-state index contributed by atoms with van der Waals surface area (Å²) in [6.07, 6.45) is 1.93. The number of carbonyl (C=O) groups is 1. The number of aliphatic hydroxyl groups excluding tert-OH is 1. The highest BCUT2D eigenvalue weighted by atomic mass is 16.5. The minimum atomic E-state index is -0.0391. The average molecular weight is 251 g/mol. The molecule has 0 spiro atoms. The number of ether oxygens (including phenoxy) is 1. The van der Waals surface area contributed by atoms with Crippen molar-refractivity contribution in [2.24, 2.45) is 0 Å². The van der Waals surface area contributed by atoms with Gasteiger partial charge in [-0.05, 0) is 37.5 Å². The van der Waals surface area contributed by atoms with Gasteiger partial charge >= 0.3 is 0 Å². The molecule has 0 aliphatic rings. The summed E-state index contributed by atoms with van der Waals surface area (Å²) in [5.74, 6) is -0.0391. The molecule has 1 amide bonds. The van der Waals surface area contributed by atoms with Crippen LogP contribution in [0.1, 0.15) is 25.3 Å². The topological polar surface area (TPSA) is 58.6 Å². The van der Waals surface area contributed by atoms with Crippen LogP contribution in [0, 0.1) is 0 Å². The molecule has 100 valence electrons. The lowest BCUT2D eigenvalue weighted by molar-refractivity contribution is -0.117. The summed E-state index contributed by atoms with van der Waals surface area (Å²) in [4.78, 5) is 11.6. The Morgan fingerprint density at radius 2 is 2.28 bits per heavy atom. The molecule has 4 nitrogen and oxygen atoms in total. The molecule has 0 heterocycles. The minimum Gasteiger partial charge on any atom is -0.396 e. The van der Waals surface area contributed by atoms with Crippen LogP contribution in [0.5, 0.6) is 0 Å². The van der Waals surface area contributed by atoms with Crippen molar-refractivity contribution in [3.8, 4) is 0 Å². The smallest absolute Gasteiger partial charge is 0.226 e. The summed E-state index contributed by atoms with van der Waals surface area (Å²) in [5, 5.41) is 11.6. The second-order valence-electron chi connectivity index (χ2n) is 4.02. The molecule has 0 bridgehead atoms. The van der Waals surface area contributed by atoms with Gasteiger partial charge in [-0.2, -0.15) is 0 Å². The Hall–Kier alpha value is -1.39. The van der Waals surface area contributed by atoms with Crippen LogP contribution in [0.3, 0.4) is 0 Å². The third-order valence-electron chi connectivity index (χ3n) is 2.51. The van der Waals surface area contributed by atoms with Crippen LogP contribution < -0.4 is 5.32 Å². The van der Waals surface area contributed by atoms with Crippen molar-refractivity contribution < 1.29 is 14.6 Å². The highest BCUT2D eigenvalue weighted by Gasteiger charge is 2.02. The molecule has 4 heteroatoms. The van der Waals surface area contributed by atoms with E-state index >= 15 is 0 Å². The molecule has 1 rings (SSSR count). The van der Waals surface area contributed by atoms with Gasteiger partial charge in [0.15, 0.2) is 0 Å². The van der Waals surface area contributed by atoms with Gasteiger partial charge < -0.3 is 15.2 Å². The van der Waals surface area contributed by atoms with Gasteiger partial charge in [-0.25, -0.2) is 0 Å². The average Bonchev–Trinajstić information content (AvgIpc) is 2.37.